The summed E-state index contributed by atoms with van der Waals surface area (Å²) in [6, 6.07) is 0.422. The van der Waals surface area contributed by atoms with Crippen LogP contribution in [0.4, 0.5) is 0 Å². The molecule has 2 nitrogen and oxygen atoms in total. The van der Waals surface area contributed by atoms with Crippen LogP contribution in [-0.2, 0) is 0 Å². The van der Waals surface area contributed by atoms with Crippen molar-refractivity contribution in [2.75, 3.05) is 19.3 Å². The molecule has 1 fully saturated rings. The molecule has 3 heteroatoms. The van der Waals surface area contributed by atoms with Crippen LogP contribution in [0.15, 0.2) is 0 Å². The number of hydrogen-bond donors (Lipinski definition) is 1. The molecule has 0 unspecified atom stereocenters. The molecule has 1 atom stereocenters. The lowest BCUT2D eigenvalue weighted by atomic mass is 10.1. The van der Waals surface area contributed by atoms with E-state index in [4.69, 9.17) is 5.73 Å². The first-order valence-corrected chi connectivity index (χ1v) is 4.55. The monoisotopic (exact) mass is 146 g/mol. The second-order valence-corrected chi connectivity index (χ2v) is 3.35. The van der Waals surface area contributed by atoms with E-state index in [1.54, 1.807) is 11.9 Å². The molecule has 0 aromatic heterocycles. The smallest absolute Gasteiger partial charge is 0.0241 e. The third-order valence-electron chi connectivity index (χ3n) is 1.68. The van der Waals surface area contributed by atoms with Crippen LogP contribution in [0, 0.1) is 0 Å². The van der Waals surface area contributed by atoms with Gasteiger partial charge in [-0.2, -0.15) is 0 Å². The van der Waals surface area contributed by atoms with Crippen LogP contribution in [0.2, 0.25) is 0 Å². The molecule has 9 heavy (non-hydrogen) atoms. The van der Waals surface area contributed by atoms with E-state index in [-0.39, 0.29) is 0 Å². The van der Waals surface area contributed by atoms with Gasteiger partial charge >= 0.3 is 0 Å². The summed E-state index contributed by atoms with van der Waals surface area (Å²) in [6.45, 7) is 2.29. The van der Waals surface area contributed by atoms with Crippen molar-refractivity contribution in [2.45, 2.75) is 18.9 Å². The fourth-order valence-electron chi connectivity index (χ4n) is 1.14. The van der Waals surface area contributed by atoms with Gasteiger partial charge in [0.2, 0.25) is 0 Å². The van der Waals surface area contributed by atoms with Crippen molar-refractivity contribution in [3.63, 3.8) is 0 Å². The van der Waals surface area contributed by atoms with Crippen molar-refractivity contribution in [3.8, 4) is 0 Å². The fourth-order valence-corrected chi connectivity index (χ4v) is 1.79. The zero-order valence-corrected chi connectivity index (χ0v) is 6.66. The van der Waals surface area contributed by atoms with E-state index in [1.807, 2.05) is 0 Å². The Morgan fingerprint density at radius 1 is 1.67 bits per heavy atom. The van der Waals surface area contributed by atoms with E-state index in [1.165, 1.54) is 19.4 Å². The summed E-state index contributed by atoms with van der Waals surface area (Å²) < 4.78 is 2.33. The Labute approximate surface area is 60.9 Å². The standard InChI is InChI=1S/C6H14N2S/c1-9-8-4-2-3-6(7)5-8/h6H,2-5,7H2,1H3/t6-/m1/s1. The van der Waals surface area contributed by atoms with Gasteiger partial charge in [-0.1, -0.05) is 11.9 Å². The predicted octanol–water partition coefficient (Wildman–Crippen LogP) is 0.688. The van der Waals surface area contributed by atoms with Gasteiger partial charge in [-0.15, -0.1) is 0 Å². The number of nitrogens with zero attached hydrogens (tertiary/aromatic N) is 1. The van der Waals surface area contributed by atoms with Crippen molar-refractivity contribution in [1.82, 2.24) is 4.31 Å². The first-order chi connectivity index (χ1) is 4.33. The van der Waals surface area contributed by atoms with E-state index >= 15 is 0 Å². The van der Waals surface area contributed by atoms with Crippen LogP contribution < -0.4 is 5.73 Å². The second kappa shape index (κ2) is 3.44. The number of rotatable bonds is 1. The van der Waals surface area contributed by atoms with Gasteiger partial charge in [0.1, 0.15) is 0 Å². The van der Waals surface area contributed by atoms with Crippen LogP contribution in [0.5, 0.6) is 0 Å². The summed E-state index contributed by atoms with van der Waals surface area (Å²) in [4.78, 5) is 0. The molecule has 1 saturated heterocycles. The molecule has 1 aliphatic heterocycles. The molecule has 54 valence electrons. The zero-order chi connectivity index (χ0) is 6.69. The maximum absolute atomic E-state index is 5.75. The average molecular weight is 146 g/mol. The molecular weight excluding hydrogens is 132 g/mol. The van der Waals surface area contributed by atoms with E-state index < -0.39 is 0 Å². The minimum atomic E-state index is 0.422. The summed E-state index contributed by atoms with van der Waals surface area (Å²) in [5.74, 6) is 0. The summed E-state index contributed by atoms with van der Waals surface area (Å²) in [5.41, 5.74) is 5.75. The Morgan fingerprint density at radius 2 is 2.44 bits per heavy atom. The lowest BCUT2D eigenvalue weighted by Crippen LogP contribution is -2.38. The van der Waals surface area contributed by atoms with E-state index in [9.17, 15) is 0 Å². The minimum Gasteiger partial charge on any atom is -0.327 e. The van der Waals surface area contributed by atoms with Crippen LogP contribution >= 0.6 is 11.9 Å². The molecule has 0 saturated carbocycles. The van der Waals surface area contributed by atoms with E-state index in [2.05, 4.69) is 10.6 Å². The number of hydrogen-bond acceptors (Lipinski definition) is 3. The average Bonchev–Trinajstić information content (AvgIpc) is 1.88. The van der Waals surface area contributed by atoms with Gasteiger partial charge in [-0.05, 0) is 19.1 Å². The molecule has 0 aliphatic carbocycles. The molecule has 0 bridgehead atoms. The van der Waals surface area contributed by atoms with Gasteiger partial charge < -0.3 is 5.73 Å². The van der Waals surface area contributed by atoms with Crippen molar-refractivity contribution in [1.29, 1.82) is 0 Å². The fraction of sp³-hybridized carbons (Fsp3) is 1.00. The molecule has 0 aromatic carbocycles. The normalized spacial score (nSPS) is 30.7. The summed E-state index contributed by atoms with van der Waals surface area (Å²) >= 11 is 1.80. The third-order valence-corrected chi connectivity index (χ3v) is 2.53. The lowest BCUT2D eigenvalue weighted by molar-refractivity contribution is 0.343. The lowest BCUT2D eigenvalue weighted by Gasteiger charge is -2.28. The molecule has 0 amide bonds. The second-order valence-electron chi connectivity index (χ2n) is 2.47. The maximum atomic E-state index is 5.75. The number of piperidine rings is 1. The molecular formula is C6H14N2S. The first kappa shape index (κ1) is 7.38. The van der Waals surface area contributed by atoms with Crippen molar-refractivity contribution in [2.24, 2.45) is 5.73 Å². The Morgan fingerprint density at radius 3 is 2.89 bits per heavy atom. The van der Waals surface area contributed by atoms with Crippen LogP contribution in [0.3, 0.4) is 0 Å². The molecule has 0 spiro atoms. The first-order valence-electron chi connectivity index (χ1n) is 3.37. The number of nitrogens with two attached hydrogens (primary N) is 1. The molecule has 0 radical (unpaired) electrons. The molecule has 0 aromatic rings. The Hall–Kier alpha value is 0.270. The summed E-state index contributed by atoms with van der Waals surface area (Å²) in [6.07, 6.45) is 4.58. The van der Waals surface area contributed by atoms with Gasteiger partial charge in [0.15, 0.2) is 0 Å². The van der Waals surface area contributed by atoms with Gasteiger partial charge in [-0.25, -0.2) is 4.31 Å². The minimum absolute atomic E-state index is 0.422. The van der Waals surface area contributed by atoms with Gasteiger partial charge in [0, 0.05) is 19.1 Å². The molecule has 1 aliphatic rings. The topological polar surface area (TPSA) is 29.3 Å². The van der Waals surface area contributed by atoms with Crippen molar-refractivity contribution >= 4 is 11.9 Å². The highest BCUT2D eigenvalue weighted by Gasteiger charge is 2.14. The van der Waals surface area contributed by atoms with E-state index in [0.717, 1.165) is 6.54 Å². The highest BCUT2D eigenvalue weighted by atomic mass is 32.2. The van der Waals surface area contributed by atoms with Crippen LogP contribution in [0.25, 0.3) is 0 Å². The predicted molar refractivity (Wildman–Crippen MR) is 42.3 cm³/mol. The quantitative estimate of drug-likeness (QED) is 0.552. The highest BCUT2D eigenvalue weighted by molar-refractivity contribution is 7.96. The molecule has 2 N–H and O–H groups in total. The summed E-state index contributed by atoms with van der Waals surface area (Å²) in [5, 5.41) is 0. The van der Waals surface area contributed by atoms with Gasteiger partial charge in [0.05, 0.1) is 0 Å². The van der Waals surface area contributed by atoms with Gasteiger partial charge in [-0.3, -0.25) is 0 Å². The Kier molecular flexibility index (Phi) is 2.82. The van der Waals surface area contributed by atoms with E-state index in [0.29, 0.717) is 6.04 Å². The largest absolute Gasteiger partial charge is 0.327 e. The molecule has 1 rings (SSSR count). The van der Waals surface area contributed by atoms with Gasteiger partial charge in [0.25, 0.3) is 0 Å². The van der Waals surface area contributed by atoms with Crippen molar-refractivity contribution < 1.29 is 0 Å². The maximum Gasteiger partial charge on any atom is 0.0241 e. The van der Waals surface area contributed by atoms with Crippen LogP contribution in [0.1, 0.15) is 12.8 Å². The Balaban J connectivity index is 2.23. The Bertz CT molecular complexity index is 87.1. The van der Waals surface area contributed by atoms with Crippen molar-refractivity contribution in [3.05, 3.63) is 0 Å². The zero-order valence-electron chi connectivity index (χ0n) is 5.84. The van der Waals surface area contributed by atoms with Crippen LogP contribution in [-0.4, -0.2) is 29.7 Å². The highest BCUT2D eigenvalue weighted by Crippen LogP contribution is 2.14. The molecule has 1 heterocycles. The SMILES string of the molecule is CSN1CCC[C@@H](N)C1. The summed E-state index contributed by atoms with van der Waals surface area (Å²) in [7, 11) is 0. The third kappa shape index (κ3) is 2.16.